The van der Waals surface area contributed by atoms with Gasteiger partial charge in [0.15, 0.2) is 21.3 Å². The molecule has 1 N–H and O–H groups in total. The fourth-order valence-corrected chi connectivity index (χ4v) is 6.31. The highest BCUT2D eigenvalue weighted by molar-refractivity contribution is 7.93. The zero-order valence-electron chi connectivity index (χ0n) is 13.2. The molecule has 128 valence electrons. The lowest BCUT2D eigenvalue weighted by atomic mass is 9.74. The minimum Gasteiger partial charge on any atom is -0.476 e. The van der Waals surface area contributed by atoms with Crippen molar-refractivity contribution in [1.29, 1.82) is 0 Å². The van der Waals surface area contributed by atoms with Crippen LogP contribution in [0.5, 0.6) is 0 Å². The Kier molecular flexibility index (Phi) is 3.93. The second-order valence-electron chi connectivity index (χ2n) is 6.63. The molecule has 24 heavy (non-hydrogen) atoms. The number of carboxylic acids is 1. The first-order chi connectivity index (χ1) is 11.0. The maximum atomic E-state index is 12.6. The maximum Gasteiger partial charge on any atom is 0.355 e. The van der Waals surface area contributed by atoms with Gasteiger partial charge in [0.25, 0.3) is 0 Å². The highest BCUT2D eigenvalue weighted by Gasteiger charge is 2.39. The molecular weight excluding hydrogens is 370 g/mol. The molecule has 0 fully saturated rings. The predicted molar refractivity (Wildman–Crippen MR) is 91.9 cm³/mol. The zero-order valence-corrected chi connectivity index (χ0v) is 15.7. The van der Waals surface area contributed by atoms with Gasteiger partial charge in [0.05, 0.1) is 10.4 Å². The van der Waals surface area contributed by atoms with E-state index >= 15 is 0 Å². The fraction of sp³-hybridized carbons (Fsp3) is 0.400. The smallest absolute Gasteiger partial charge is 0.355 e. The number of thiazole rings is 1. The Balaban J connectivity index is 2.27. The molecule has 6 nitrogen and oxygen atoms in total. The van der Waals surface area contributed by atoms with Crippen LogP contribution in [-0.2, 0) is 16.3 Å². The molecule has 0 aliphatic heterocycles. The Hall–Kier alpha value is -1.58. The molecular formula is C15H15NO5S3. The van der Waals surface area contributed by atoms with Gasteiger partial charge >= 0.3 is 5.97 Å². The van der Waals surface area contributed by atoms with E-state index in [4.69, 9.17) is 5.11 Å². The molecule has 1 aliphatic rings. The van der Waals surface area contributed by atoms with Crippen molar-refractivity contribution in [2.24, 2.45) is 5.41 Å². The van der Waals surface area contributed by atoms with Gasteiger partial charge in [-0.1, -0.05) is 13.8 Å². The highest BCUT2D eigenvalue weighted by atomic mass is 32.2. The Morgan fingerprint density at radius 1 is 1.33 bits per heavy atom. The first-order valence-corrected chi connectivity index (χ1v) is 10.7. The minimum absolute atomic E-state index is 0.0556. The van der Waals surface area contributed by atoms with E-state index in [-0.39, 0.29) is 33.1 Å². The molecule has 0 radical (unpaired) electrons. The summed E-state index contributed by atoms with van der Waals surface area (Å²) in [7, 11) is -3.55. The van der Waals surface area contributed by atoms with Crippen molar-refractivity contribution in [3.05, 3.63) is 22.2 Å². The van der Waals surface area contributed by atoms with Crippen molar-refractivity contribution in [2.45, 2.75) is 30.9 Å². The standard InChI is InChI=1S/C15H15NO5S3/c1-15(2)4-7-10(9(17)5-15)14(24(3,20)21)23-11(7)12-16-8(6-22-12)13(18)19/h6H,4-5H2,1-3H3,(H,18,19). The summed E-state index contributed by atoms with van der Waals surface area (Å²) in [6.07, 6.45) is 1.93. The topological polar surface area (TPSA) is 101 Å². The number of ketones is 1. The van der Waals surface area contributed by atoms with E-state index in [0.29, 0.717) is 21.9 Å². The average molecular weight is 385 g/mol. The van der Waals surface area contributed by atoms with Crippen molar-refractivity contribution >= 4 is 44.3 Å². The predicted octanol–water partition coefficient (Wildman–Crippen LogP) is 3.13. The summed E-state index contributed by atoms with van der Waals surface area (Å²) in [4.78, 5) is 28.3. The number of carboxylic acid groups (broad SMARTS) is 1. The average Bonchev–Trinajstić information content (AvgIpc) is 2.99. The minimum atomic E-state index is -3.55. The normalized spacial score (nSPS) is 16.9. The van der Waals surface area contributed by atoms with Gasteiger partial charge in [0.2, 0.25) is 0 Å². The number of Topliss-reactive ketones (excluding diaryl/α,β-unsaturated/α-hetero) is 1. The van der Waals surface area contributed by atoms with Gasteiger partial charge in [0, 0.05) is 18.1 Å². The second-order valence-corrected chi connectivity index (χ2v) is 10.7. The van der Waals surface area contributed by atoms with E-state index in [1.807, 2.05) is 13.8 Å². The molecule has 0 bridgehead atoms. The number of carbonyl (C=O) groups is 2. The fourth-order valence-electron chi connectivity index (χ4n) is 2.87. The summed E-state index contributed by atoms with van der Waals surface area (Å²) in [6, 6.07) is 0. The number of hydrogen-bond donors (Lipinski definition) is 1. The SMILES string of the molecule is CC1(C)CC(=O)c2c(S(C)(=O)=O)sc(-c3nc(C(=O)O)cs3)c2C1. The van der Waals surface area contributed by atoms with Crippen molar-refractivity contribution < 1.29 is 23.1 Å². The van der Waals surface area contributed by atoms with Crippen LogP contribution in [0.4, 0.5) is 0 Å². The molecule has 1 aliphatic carbocycles. The van der Waals surface area contributed by atoms with E-state index in [1.165, 1.54) is 5.38 Å². The highest BCUT2D eigenvalue weighted by Crippen LogP contribution is 2.47. The van der Waals surface area contributed by atoms with Crippen LogP contribution in [0.1, 0.15) is 46.7 Å². The number of rotatable bonds is 3. The van der Waals surface area contributed by atoms with Gasteiger partial charge in [-0.05, 0) is 17.4 Å². The van der Waals surface area contributed by atoms with E-state index in [2.05, 4.69) is 4.98 Å². The molecule has 2 heterocycles. The molecule has 2 aromatic heterocycles. The second kappa shape index (κ2) is 5.47. The number of aromatic carboxylic acids is 1. The van der Waals surface area contributed by atoms with Gasteiger partial charge < -0.3 is 5.11 Å². The number of thiophene rings is 1. The van der Waals surface area contributed by atoms with Crippen molar-refractivity contribution in [1.82, 2.24) is 4.98 Å². The molecule has 0 amide bonds. The molecule has 0 aromatic carbocycles. The van der Waals surface area contributed by atoms with Gasteiger partial charge in [0.1, 0.15) is 9.22 Å². The van der Waals surface area contributed by atoms with Crippen LogP contribution in [0.25, 0.3) is 9.88 Å². The van der Waals surface area contributed by atoms with Gasteiger partial charge in [-0.25, -0.2) is 18.2 Å². The van der Waals surface area contributed by atoms with Crippen molar-refractivity contribution in [3.8, 4) is 9.88 Å². The summed E-state index contributed by atoms with van der Waals surface area (Å²) in [5.41, 5.74) is 0.581. The first kappa shape index (κ1) is 17.2. The van der Waals surface area contributed by atoms with Crippen LogP contribution in [-0.4, -0.2) is 36.5 Å². The van der Waals surface area contributed by atoms with Crippen LogP contribution in [0, 0.1) is 5.41 Å². The first-order valence-electron chi connectivity index (χ1n) is 7.08. The molecule has 0 unspecified atom stereocenters. The third kappa shape index (κ3) is 2.91. The van der Waals surface area contributed by atoms with Crippen LogP contribution in [0.3, 0.4) is 0 Å². The summed E-state index contributed by atoms with van der Waals surface area (Å²) in [5.74, 6) is -1.32. The van der Waals surface area contributed by atoms with Crippen LogP contribution in [0.2, 0.25) is 0 Å². The van der Waals surface area contributed by atoms with E-state index in [9.17, 15) is 18.0 Å². The van der Waals surface area contributed by atoms with Crippen LogP contribution in [0.15, 0.2) is 9.59 Å². The maximum absolute atomic E-state index is 12.6. The summed E-state index contributed by atoms with van der Waals surface area (Å²) in [6.45, 7) is 3.92. The third-order valence-corrected chi connectivity index (χ3v) is 7.86. The Labute approximate surface area is 147 Å². The molecule has 0 atom stereocenters. The van der Waals surface area contributed by atoms with Crippen molar-refractivity contribution in [3.63, 3.8) is 0 Å². The van der Waals surface area contributed by atoms with E-state index < -0.39 is 15.8 Å². The Morgan fingerprint density at radius 3 is 2.54 bits per heavy atom. The van der Waals surface area contributed by atoms with Gasteiger partial charge in [-0.3, -0.25) is 4.79 Å². The Morgan fingerprint density at radius 2 is 2.00 bits per heavy atom. The number of fused-ring (bicyclic) bond motifs is 1. The number of sulfone groups is 1. The lowest BCUT2D eigenvalue weighted by Crippen LogP contribution is -2.27. The molecule has 0 saturated carbocycles. The van der Waals surface area contributed by atoms with Crippen LogP contribution < -0.4 is 0 Å². The monoisotopic (exact) mass is 385 g/mol. The number of hydrogen-bond acceptors (Lipinski definition) is 7. The third-order valence-electron chi connectivity index (χ3n) is 3.80. The molecule has 3 rings (SSSR count). The quantitative estimate of drug-likeness (QED) is 0.871. The number of aromatic nitrogens is 1. The van der Waals surface area contributed by atoms with Crippen LogP contribution >= 0.6 is 22.7 Å². The van der Waals surface area contributed by atoms with Gasteiger partial charge in [-0.2, -0.15) is 0 Å². The molecule has 2 aromatic rings. The number of carbonyl (C=O) groups excluding carboxylic acids is 1. The number of nitrogens with zero attached hydrogens (tertiary/aromatic N) is 1. The van der Waals surface area contributed by atoms with Crippen molar-refractivity contribution in [2.75, 3.05) is 6.26 Å². The molecule has 0 spiro atoms. The summed E-state index contributed by atoms with van der Waals surface area (Å²) >= 11 is 2.15. The lowest BCUT2D eigenvalue weighted by molar-refractivity contribution is 0.0691. The van der Waals surface area contributed by atoms with Gasteiger partial charge in [-0.15, -0.1) is 22.7 Å². The summed E-state index contributed by atoms with van der Waals surface area (Å²) in [5, 5.41) is 10.9. The zero-order chi connectivity index (χ0) is 17.9. The molecule has 0 saturated heterocycles. The van der Waals surface area contributed by atoms with E-state index in [1.54, 1.807) is 0 Å². The lowest BCUT2D eigenvalue weighted by Gasteiger charge is -2.29. The molecule has 9 heteroatoms. The largest absolute Gasteiger partial charge is 0.476 e. The summed E-state index contributed by atoms with van der Waals surface area (Å²) < 4.78 is 24.3. The Bertz CT molecular complexity index is 965. The van der Waals surface area contributed by atoms with E-state index in [0.717, 1.165) is 28.9 Å².